The predicted octanol–water partition coefficient (Wildman–Crippen LogP) is 4.33. The van der Waals surface area contributed by atoms with Crippen LogP contribution in [0.15, 0.2) is 59.6 Å². The molecule has 0 radical (unpaired) electrons. The van der Waals surface area contributed by atoms with Gasteiger partial charge in [0.25, 0.3) is 0 Å². The Balaban J connectivity index is 1.28. The Morgan fingerprint density at radius 3 is 2.53 bits per heavy atom. The largest absolute Gasteiger partial charge is 0.493 e. The molecule has 1 saturated heterocycles. The number of rotatable bonds is 9. The molecular weight excluding hydrogens is 422 g/mol. The number of ether oxygens (including phenoxy) is 2. The first-order valence-corrected chi connectivity index (χ1v) is 12.0. The lowest BCUT2D eigenvalue weighted by Crippen LogP contribution is -2.44. The van der Waals surface area contributed by atoms with Gasteiger partial charge in [0.05, 0.1) is 26.7 Å². The van der Waals surface area contributed by atoms with E-state index in [2.05, 4.69) is 37.7 Å². The first kappa shape index (κ1) is 22.4. The van der Waals surface area contributed by atoms with Gasteiger partial charge in [-0.15, -0.1) is 0 Å². The van der Waals surface area contributed by atoms with Gasteiger partial charge in [-0.3, -0.25) is 9.69 Å². The normalized spacial score (nSPS) is 15.9. The minimum Gasteiger partial charge on any atom is -0.493 e. The van der Waals surface area contributed by atoms with E-state index in [4.69, 9.17) is 9.47 Å². The van der Waals surface area contributed by atoms with Gasteiger partial charge < -0.3 is 19.4 Å². The van der Waals surface area contributed by atoms with Gasteiger partial charge in [0, 0.05) is 38.1 Å². The van der Waals surface area contributed by atoms with Crippen molar-refractivity contribution < 1.29 is 14.3 Å². The average molecular weight is 454 g/mol. The van der Waals surface area contributed by atoms with Crippen molar-refractivity contribution in [3.05, 3.63) is 70.7 Å². The summed E-state index contributed by atoms with van der Waals surface area (Å²) in [5.41, 5.74) is 2.39. The number of thiophene rings is 1. The molecule has 0 spiro atoms. The third-order valence-corrected chi connectivity index (χ3v) is 6.80. The second kappa shape index (κ2) is 10.7. The van der Waals surface area contributed by atoms with Crippen LogP contribution in [0, 0.1) is 0 Å². The molecule has 1 aromatic carbocycles. The van der Waals surface area contributed by atoms with Crippen LogP contribution in [0.2, 0.25) is 0 Å². The first-order valence-electron chi connectivity index (χ1n) is 11.0. The second-order valence-corrected chi connectivity index (χ2v) is 8.99. The van der Waals surface area contributed by atoms with Gasteiger partial charge >= 0.3 is 0 Å². The van der Waals surface area contributed by atoms with E-state index in [0.717, 1.165) is 44.0 Å². The molecule has 1 N–H and O–H groups in total. The predicted molar refractivity (Wildman–Crippen MR) is 127 cm³/mol. The van der Waals surface area contributed by atoms with Crippen LogP contribution in [-0.2, 0) is 11.3 Å². The smallest absolute Gasteiger partial charge is 0.222 e. The quantitative estimate of drug-likeness (QED) is 0.524. The van der Waals surface area contributed by atoms with E-state index in [1.54, 1.807) is 25.6 Å². The van der Waals surface area contributed by atoms with Crippen molar-refractivity contribution >= 4 is 17.2 Å². The number of benzene rings is 1. The molecule has 2 aromatic heterocycles. The van der Waals surface area contributed by atoms with E-state index in [1.165, 1.54) is 11.1 Å². The van der Waals surface area contributed by atoms with Gasteiger partial charge in [0.2, 0.25) is 5.91 Å². The van der Waals surface area contributed by atoms with Crippen LogP contribution < -0.4 is 14.8 Å². The van der Waals surface area contributed by atoms with Crippen molar-refractivity contribution in [3.8, 4) is 11.5 Å². The lowest BCUT2D eigenvalue weighted by Gasteiger charge is -2.32. The van der Waals surface area contributed by atoms with Gasteiger partial charge in [-0.2, -0.15) is 11.3 Å². The first-order chi connectivity index (χ1) is 15.7. The maximum atomic E-state index is 12.9. The zero-order chi connectivity index (χ0) is 22.3. The van der Waals surface area contributed by atoms with Crippen molar-refractivity contribution in [1.29, 1.82) is 0 Å². The lowest BCUT2D eigenvalue weighted by molar-refractivity contribution is -0.122. The van der Waals surface area contributed by atoms with E-state index in [0.29, 0.717) is 6.42 Å². The fourth-order valence-corrected chi connectivity index (χ4v) is 5.06. The molecule has 3 aromatic rings. The molecule has 6 nitrogen and oxygen atoms in total. The van der Waals surface area contributed by atoms with Crippen molar-refractivity contribution in [2.75, 3.05) is 27.3 Å². The highest BCUT2D eigenvalue weighted by atomic mass is 32.1. The summed E-state index contributed by atoms with van der Waals surface area (Å²) >= 11 is 1.67. The fourth-order valence-electron chi connectivity index (χ4n) is 4.35. The van der Waals surface area contributed by atoms with Crippen LogP contribution in [0.4, 0.5) is 0 Å². The molecule has 1 amide bonds. The number of amides is 1. The molecule has 4 rings (SSSR count). The van der Waals surface area contributed by atoms with E-state index < -0.39 is 0 Å². The molecule has 3 heterocycles. The number of carbonyl (C=O) groups is 1. The number of nitrogens with zero attached hydrogens (tertiary/aromatic N) is 2. The summed E-state index contributed by atoms with van der Waals surface area (Å²) < 4.78 is 12.9. The molecule has 1 aliphatic heterocycles. The average Bonchev–Trinajstić information content (AvgIpc) is 3.53. The molecule has 0 unspecified atom stereocenters. The van der Waals surface area contributed by atoms with Crippen molar-refractivity contribution in [3.63, 3.8) is 0 Å². The van der Waals surface area contributed by atoms with E-state index >= 15 is 0 Å². The zero-order valence-electron chi connectivity index (χ0n) is 18.7. The Morgan fingerprint density at radius 1 is 1.12 bits per heavy atom. The lowest BCUT2D eigenvalue weighted by atomic mass is 10.0. The Hall–Kier alpha value is -2.77. The van der Waals surface area contributed by atoms with E-state index in [-0.39, 0.29) is 18.0 Å². The Morgan fingerprint density at radius 2 is 1.88 bits per heavy atom. The van der Waals surface area contributed by atoms with Crippen LogP contribution in [0.3, 0.4) is 0 Å². The van der Waals surface area contributed by atoms with Crippen molar-refractivity contribution in [2.24, 2.45) is 0 Å². The van der Waals surface area contributed by atoms with Gasteiger partial charge in [-0.25, -0.2) is 0 Å². The molecule has 0 bridgehead atoms. The second-order valence-electron chi connectivity index (χ2n) is 8.21. The number of methoxy groups -OCH3 is 2. The van der Waals surface area contributed by atoms with E-state index in [9.17, 15) is 4.79 Å². The summed E-state index contributed by atoms with van der Waals surface area (Å²) in [4.78, 5) is 15.3. The van der Waals surface area contributed by atoms with Crippen LogP contribution in [0.5, 0.6) is 11.5 Å². The third kappa shape index (κ3) is 5.53. The van der Waals surface area contributed by atoms with Crippen LogP contribution in [-0.4, -0.2) is 48.7 Å². The summed E-state index contributed by atoms with van der Waals surface area (Å²) in [6.45, 7) is 2.80. The number of nitrogens with one attached hydrogen (secondary N) is 1. The SMILES string of the molecule is COc1ccc(CN2CCC(NC(=O)C[C@H](c3ccsc3)n3cccc3)CC2)cc1OC. The highest BCUT2D eigenvalue weighted by Crippen LogP contribution is 2.29. The number of piperidine rings is 1. The number of aromatic nitrogens is 1. The minimum atomic E-state index is 0.0430. The monoisotopic (exact) mass is 453 g/mol. The fraction of sp³-hybridized carbons (Fsp3) is 0.400. The molecule has 1 atom stereocenters. The van der Waals surface area contributed by atoms with Gasteiger partial charge in [0.15, 0.2) is 11.5 Å². The molecule has 0 aliphatic carbocycles. The highest BCUT2D eigenvalue weighted by Gasteiger charge is 2.23. The van der Waals surface area contributed by atoms with Crippen LogP contribution >= 0.6 is 11.3 Å². The van der Waals surface area contributed by atoms with E-state index in [1.807, 2.05) is 36.7 Å². The Kier molecular flexibility index (Phi) is 7.50. The Labute approximate surface area is 193 Å². The number of hydrogen-bond donors (Lipinski definition) is 1. The zero-order valence-corrected chi connectivity index (χ0v) is 19.5. The third-order valence-electron chi connectivity index (χ3n) is 6.10. The maximum Gasteiger partial charge on any atom is 0.222 e. The standard InChI is InChI=1S/C25H31N3O3S/c1-30-23-6-5-19(15-24(23)31-2)17-27-12-7-21(8-13-27)26-25(29)16-22(20-9-14-32-18-20)28-10-3-4-11-28/h3-6,9-11,14-15,18,21-22H,7-8,12-13,16-17H2,1-2H3,(H,26,29)/t22-/m1/s1. The van der Waals surface area contributed by atoms with Gasteiger partial charge in [0.1, 0.15) is 0 Å². The topological polar surface area (TPSA) is 55.7 Å². The highest BCUT2D eigenvalue weighted by molar-refractivity contribution is 7.08. The number of carbonyl (C=O) groups excluding carboxylic acids is 1. The summed E-state index contributed by atoms with van der Waals surface area (Å²) in [6.07, 6.45) is 6.44. The molecule has 1 aliphatic rings. The number of hydrogen-bond acceptors (Lipinski definition) is 5. The minimum absolute atomic E-state index is 0.0430. The molecule has 1 fully saturated rings. The summed E-state index contributed by atoms with van der Waals surface area (Å²) in [5, 5.41) is 7.48. The van der Waals surface area contributed by atoms with Gasteiger partial charge in [-0.05, 0) is 65.1 Å². The number of likely N-dealkylation sites (tertiary alicyclic amines) is 1. The maximum absolute atomic E-state index is 12.9. The summed E-state index contributed by atoms with van der Waals surface area (Å²) in [6, 6.07) is 12.5. The summed E-state index contributed by atoms with van der Waals surface area (Å²) in [5.74, 6) is 1.63. The van der Waals surface area contributed by atoms with Crippen molar-refractivity contribution in [2.45, 2.75) is 37.9 Å². The van der Waals surface area contributed by atoms with Crippen LogP contribution in [0.1, 0.15) is 36.4 Å². The summed E-state index contributed by atoms with van der Waals surface area (Å²) in [7, 11) is 3.31. The molecule has 0 saturated carbocycles. The Bertz CT molecular complexity index is 946. The molecule has 170 valence electrons. The molecular formula is C25H31N3O3S. The molecule has 32 heavy (non-hydrogen) atoms. The van der Waals surface area contributed by atoms with Gasteiger partial charge in [-0.1, -0.05) is 6.07 Å². The van der Waals surface area contributed by atoms with Crippen LogP contribution in [0.25, 0.3) is 0 Å². The molecule has 7 heteroatoms. The van der Waals surface area contributed by atoms with Crippen molar-refractivity contribution in [1.82, 2.24) is 14.8 Å².